The first-order chi connectivity index (χ1) is 6.83. The van der Waals surface area contributed by atoms with Crippen molar-refractivity contribution in [2.45, 2.75) is 31.9 Å². The second kappa shape index (κ2) is 4.38. The van der Waals surface area contributed by atoms with E-state index in [2.05, 4.69) is 11.3 Å². The first-order valence-corrected chi connectivity index (χ1v) is 5.94. The predicted octanol–water partition coefficient (Wildman–Crippen LogP) is 1.96. The zero-order chi connectivity index (χ0) is 9.97. The lowest BCUT2D eigenvalue weighted by Gasteiger charge is -2.22. The monoisotopic (exact) mass is 212 g/mol. The van der Waals surface area contributed by atoms with Gasteiger partial charge in [-0.25, -0.2) is 0 Å². The highest BCUT2D eigenvalue weighted by Crippen LogP contribution is 2.32. The fraction of sp³-hybridized carbons (Fsp3) is 0.700. The molecule has 14 heavy (non-hydrogen) atoms. The van der Waals surface area contributed by atoms with Crippen molar-refractivity contribution in [2.75, 3.05) is 6.61 Å². The van der Waals surface area contributed by atoms with Crippen LogP contribution in [0.4, 0.5) is 0 Å². The van der Waals surface area contributed by atoms with Crippen molar-refractivity contribution in [1.29, 1.82) is 0 Å². The van der Waals surface area contributed by atoms with Crippen LogP contribution in [-0.2, 0) is 4.74 Å². The minimum absolute atomic E-state index is 0.0497. The van der Waals surface area contributed by atoms with E-state index in [9.17, 15) is 0 Å². The molecule has 0 amide bonds. The van der Waals surface area contributed by atoms with Crippen LogP contribution in [0.2, 0.25) is 0 Å². The zero-order valence-corrected chi connectivity index (χ0v) is 9.17. The highest BCUT2D eigenvalue weighted by Gasteiger charge is 2.33. The van der Waals surface area contributed by atoms with Gasteiger partial charge in [0.05, 0.1) is 17.8 Å². The van der Waals surface area contributed by atoms with E-state index in [0.29, 0.717) is 12.0 Å². The quantitative estimate of drug-likeness (QED) is 0.833. The molecule has 2 heterocycles. The molecule has 2 N–H and O–H groups in total. The van der Waals surface area contributed by atoms with Gasteiger partial charge in [-0.15, -0.1) is 0 Å². The Bertz CT molecular complexity index is 276. The van der Waals surface area contributed by atoms with Crippen LogP contribution in [0.1, 0.15) is 31.5 Å². The molecule has 1 aromatic heterocycles. The molecule has 0 bridgehead atoms. The maximum atomic E-state index is 6.17. The summed E-state index contributed by atoms with van der Waals surface area (Å²) in [6.07, 6.45) is 2.44. The smallest absolute Gasteiger partial charge is 0.0713 e. The average molecular weight is 212 g/mol. The van der Waals surface area contributed by atoms with Crippen molar-refractivity contribution >= 4 is 11.5 Å². The Morgan fingerprint density at radius 3 is 3.29 bits per heavy atom. The van der Waals surface area contributed by atoms with Gasteiger partial charge in [-0.1, -0.05) is 6.92 Å². The number of ether oxygens (including phenoxy) is 1. The Morgan fingerprint density at radius 2 is 2.64 bits per heavy atom. The molecule has 1 aliphatic heterocycles. The van der Waals surface area contributed by atoms with E-state index in [1.54, 1.807) is 0 Å². The van der Waals surface area contributed by atoms with Crippen LogP contribution in [0.3, 0.4) is 0 Å². The van der Waals surface area contributed by atoms with E-state index < -0.39 is 0 Å². The zero-order valence-electron chi connectivity index (χ0n) is 8.35. The van der Waals surface area contributed by atoms with E-state index >= 15 is 0 Å². The number of hydrogen-bond acceptors (Lipinski definition) is 4. The van der Waals surface area contributed by atoms with Gasteiger partial charge in [0, 0.05) is 17.9 Å². The minimum Gasteiger partial charge on any atom is -0.378 e. The minimum atomic E-state index is 0.0497. The first-order valence-electron chi connectivity index (χ1n) is 5.10. The fourth-order valence-corrected chi connectivity index (χ4v) is 2.67. The van der Waals surface area contributed by atoms with Crippen LogP contribution in [-0.4, -0.2) is 17.1 Å². The van der Waals surface area contributed by atoms with Crippen molar-refractivity contribution in [3.8, 4) is 0 Å². The summed E-state index contributed by atoms with van der Waals surface area (Å²) in [7, 11) is 0. The van der Waals surface area contributed by atoms with Gasteiger partial charge in [-0.2, -0.15) is 4.37 Å². The average Bonchev–Trinajstić information content (AvgIpc) is 2.87. The third kappa shape index (κ3) is 1.82. The molecule has 2 rings (SSSR count). The van der Waals surface area contributed by atoms with Crippen molar-refractivity contribution in [1.82, 2.24) is 4.37 Å². The van der Waals surface area contributed by atoms with Crippen molar-refractivity contribution in [3.63, 3.8) is 0 Å². The molecular weight excluding hydrogens is 196 g/mol. The maximum Gasteiger partial charge on any atom is 0.0713 e. The Kier molecular flexibility index (Phi) is 3.15. The van der Waals surface area contributed by atoms with Gasteiger partial charge in [0.25, 0.3) is 0 Å². The summed E-state index contributed by atoms with van der Waals surface area (Å²) in [5.41, 5.74) is 7.19. The maximum absolute atomic E-state index is 6.17. The molecule has 3 nitrogen and oxygen atoms in total. The van der Waals surface area contributed by atoms with E-state index in [1.165, 1.54) is 11.5 Å². The van der Waals surface area contributed by atoms with Crippen LogP contribution >= 0.6 is 11.5 Å². The second-order valence-electron chi connectivity index (χ2n) is 3.72. The Balaban J connectivity index is 2.07. The van der Waals surface area contributed by atoms with Crippen LogP contribution in [0.25, 0.3) is 0 Å². The van der Waals surface area contributed by atoms with Crippen LogP contribution < -0.4 is 5.73 Å². The van der Waals surface area contributed by atoms with Crippen molar-refractivity contribution in [3.05, 3.63) is 17.1 Å². The summed E-state index contributed by atoms with van der Waals surface area (Å²) in [4.78, 5) is 0. The Morgan fingerprint density at radius 1 is 1.79 bits per heavy atom. The van der Waals surface area contributed by atoms with Crippen molar-refractivity contribution < 1.29 is 4.74 Å². The number of nitrogens with zero attached hydrogens (tertiary/aromatic N) is 1. The van der Waals surface area contributed by atoms with E-state index in [0.717, 1.165) is 25.1 Å². The molecule has 1 aliphatic rings. The summed E-state index contributed by atoms with van der Waals surface area (Å²) < 4.78 is 9.92. The van der Waals surface area contributed by atoms with Gasteiger partial charge in [-0.3, -0.25) is 0 Å². The second-order valence-corrected chi connectivity index (χ2v) is 4.39. The van der Waals surface area contributed by atoms with Gasteiger partial charge in [-0.05, 0) is 30.4 Å². The predicted molar refractivity (Wildman–Crippen MR) is 57.2 cm³/mol. The molecule has 3 unspecified atom stereocenters. The lowest BCUT2D eigenvalue weighted by atomic mass is 9.90. The van der Waals surface area contributed by atoms with Gasteiger partial charge in [0.2, 0.25) is 0 Å². The Labute approximate surface area is 88.4 Å². The SMILES string of the molecule is CCC1OCCC1C(N)c1ccsn1. The van der Waals surface area contributed by atoms with Crippen LogP contribution in [0, 0.1) is 5.92 Å². The van der Waals surface area contributed by atoms with Gasteiger partial charge >= 0.3 is 0 Å². The third-order valence-electron chi connectivity index (χ3n) is 2.92. The van der Waals surface area contributed by atoms with E-state index in [4.69, 9.17) is 10.5 Å². The molecule has 0 aliphatic carbocycles. The summed E-state index contributed by atoms with van der Waals surface area (Å²) >= 11 is 1.46. The van der Waals surface area contributed by atoms with Gasteiger partial charge in [0.15, 0.2) is 0 Å². The molecule has 3 atom stereocenters. The number of rotatable bonds is 3. The van der Waals surface area contributed by atoms with E-state index in [1.807, 2.05) is 11.4 Å². The number of aromatic nitrogens is 1. The molecule has 78 valence electrons. The highest BCUT2D eigenvalue weighted by atomic mass is 32.1. The molecular formula is C10H16N2OS. The molecule has 1 saturated heterocycles. The summed E-state index contributed by atoms with van der Waals surface area (Å²) in [6.45, 7) is 3.00. The van der Waals surface area contributed by atoms with Gasteiger partial charge < -0.3 is 10.5 Å². The first kappa shape index (κ1) is 10.1. The standard InChI is InChI=1S/C10H16N2OS/c1-2-9-7(3-5-13-9)10(11)8-4-6-14-12-8/h4,6-7,9-10H,2-3,5,11H2,1H3. The molecule has 0 aromatic carbocycles. The summed E-state index contributed by atoms with van der Waals surface area (Å²) in [5, 5.41) is 1.98. The molecule has 1 fully saturated rings. The molecule has 1 aromatic rings. The van der Waals surface area contributed by atoms with Crippen LogP contribution in [0.15, 0.2) is 11.4 Å². The molecule has 4 heteroatoms. The Hall–Kier alpha value is -0.450. The molecule has 0 spiro atoms. The normalized spacial score (nSPS) is 29.3. The van der Waals surface area contributed by atoms with E-state index in [-0.39, 0.29) is 6.04 Å². The summed E-state index contributed by atoms with van der Waals surface area (Å²) in [6, 6.07) is 2.06. The summed E-state index contributed by atoms with van der Waals surface area (Å²) in [5.74, 6) is 0.446. The lowest BCUT2D eigenvalue weighted by Crippen LogP contribution is -2.28. The van der Waals surface area contributed by atoms with Gasteiger partial charge in [0.1, 0.15) is 0 Å². The third-order valence-corrected chi connectivity index (χ3v) is 3.50. The lowest BCUT2D eigenvalue weighted by molar-refractivity contribution is 0.0810. The molecule has 0 radical (unpaired) electrons. The van der Waals surface area contributed by atoms with Crippen LogP contribution in [0.5, 0.6) is 0 Å². The number of hydrogen-bond donors (Lipinski definition) is 1. The topological polar surface area (TPSA) is 48.1 Å². The highest BCUT2D eigenvalue weighted by molar-refractivity contribution is 7.03. The largest absolute Gasteiger partial charge is 0.378 e. The number of nitrogens with two attached hydrogens (primary N) is 1. The van der Waals surface area contributed by atoms with Crippen molar-refractivity contribution in [2.24, 2.45) is 11.7 Å². The fourth-order valence-electron chi connectivity index (χ4n) is 2.11. The molecule has 0 saturated carbocycles.